The quantitative estimate of drug-likeness (QED) is 0.861. The third-order valence-corrected chi connectivity index (χ3v) is 2.93. The lowest BCUT2D eigenvalue weighted by Gasteiger charge is -2.09. The molecule has 0 saturated heterocycles. The molecule has 0 aliphatic carbocycles. The minimum Gasteiger partial charge on any atom is -0.481 e. The van der Waals surface area contributed by atoms with E-state index in [9.17, 15) is 4.79 Å². The van der Waals surface area contributed by atoms with E-state index in [-0.39, 0.29) is 12.5 Å². The normalized spacial score (nSPS) is 10.4. The molecule has 6 nitrogen and oxygen atoms in total. The number of amides is 1. The van der Waals surface area contributed by atoms with Gasteiger partial charge in [0.1, 0.15) is 6.54 Å². The maximum Gasteiger partial charge on any atom is 0.243 e. The van der Waals surface area contributed by atoms with Crippen molar-refractivity contribution in [2.75, 3.05) is 21.2 Å². The van der Waals surface area contributed by atoms with Gasteiger partial charge in [0.05, 0.1) is 23.4 Å². The van der Waals surface area contributed by atoms with Gasteiger partial charge in [-0.1, -0.05) is 11.6 Å². The Balaban J connectivity index is 2.29. The predicted octanol–water partition coefficient (Wildman–Crippen LogP) is 1.70. The monoisotopic (exact) mass is 294 g/mol. The summed E-state index contributed by atoms with van der Waals surface area (Å²) < 4.78 is 6.76. The Morgan fingerprint density at radius 3 is 2.90 bits per heavy atom. The SMILES string of the molecule is COc1ncc(Cl)cc1-c1ccn(CC(=O)N(C)C)n1. The Bertz CT molecular complexity index is 625. The highest BCUT2D eigenvalue weighted by Crippen LogP contribution is 2.28. The number of hydrogen-bond donors (Lipinski definition) is 0. The lowest BCUT2D eigenvalue weighted by Crippen LogP contribution is -2.26. The number of nitrogens with zero attached hydrogens (tertiary/aromatic N) is 4. The van der Waals surface area contributed by atoms with E-state index < -0.39 is 0 Å². The number of rotatable bonds is 4. The van der Waals surface area contributed by atoms with Crippen molar-refractivity contribution < 1.29 is 9.53 Å². The first-order chi connectivity index (χ1) is 9.51. The minimum atomic E-state index is -0.0316. The molecule has 1 amide bonds. The van der Waals surface area contributed by atoms with Gasteiger partial charge in [0, 0.05) is 26.5 Å². The van der Waals surface area contributed by atoms with Crippen molar-refractivity contribution >= 4 is 17.5 Å². The molecule has 0 saturated carbocycles. The third-order valence-electron chi connectivity index (χ3n) is 2.72. The largest absolute Gasteiger partial charge is 0.481 e. The molecule has 0 N–H and O–H groups in total. The third kappa shape index (κ3) is 3.08. The van der Waals surface area contributed by atoms with E-state index in [1.807, 2.05) is 0 Å². The number of methoxy groups -OCH3 is 1. The summed E-state index contributed by atoms with van der Waals surface area (Å²) in [5, 5.41) is 4.84. The number of halogens is 1. The van der Waals surface area contributed by atoms with Gasteiger partial charge < -0.3 is 9.64 Å². The molecule has 0 unspecified atom stereocenters. The number of pyridine rings is 1. The van der Waals surface area contributed by atoms with Crippen LogP contribution in [0.2, 0.25) is 5.02 Å². The Labute approximate surface area is 121 Å². The van der Waals surface area contributed by atoms with Gasteiger partial charge in [0.2, 0.25) is 11.8 Å². The van der Waals surface area contributed by atoms with Crippen LogP contribution in [-0.4, -0.2) is 46.8 Å². The summed E-state index contributed by atoms with van der Waals surface area (Å²) in [6.45, 7) is 0.184. The van der Waals surface area contributed by atoms with Crippen molar-refractivity contribution in [2.24, 2.45) is 0 Å². The maximum atomic E-state index is 11.6. The number of carbonyl (C=O) groups excluding carboxylic acids is 1. The molecular formula is C13H15ClN4O2. The molecule has 0 radical (unpaired) electrons. The molecule has 0 aromatic carbocycles. The van der Waals surface area contributed by atoms with Crippen LogP contribution in [0.15, 0.2) is 24.5 Å². The molecule has 2 aromatic rings. The highest BCUT2D eigenvalue weighted by atomic mass is 35.5. The van der Waals surface area contributed by atoms with E-state index in [1.165, 1.54) is 18.2 Å². The second kappa shape index (κ2) is 5.92. The van der Waals surface area contributed by atoms with Crippen LogP contribution in [0.3, 0.4) is 0 Å². The van der Waals surface area contributed by atoms with Crippen LogP contribution in [0.25, 0.3) is 11.3 Å². The molecule has 2 rings (SSSR count). The Morgan fingerprint density at radius 2 is 2.25 bits per heavy atom. The Morgan fingerprint density at radius 1 is 1.50 bits per heavy atom. The van der Waals surface area contributed by atoms with Crippen molar-refractivity contribution in [1.82, 2.24) is 19.7 Å². The van der Waals surface area contributed by atoms with Crippen LogP contribution in [0, 0.1) is 0 Å². The highest BCUT2D eigenvalue weighted by Gasteiger charge is 2.12. The van der Waals surface area contributed by atoms with Crippen LogP contribution in [-0.2, 0) is 11.3 Å². The molecule has 0 aliphatic heterocycles. The van der Waals surface area contributed by atoms with Crippen molar-refractivity contribution in [3.63, 3.8) is 0 Å². The Kier molecular flexibility index (Phi) is 4.24. The molecule has 2 aromatic heterocycles. The topological polar surface area (TPSA) is 60.3 Å². The summed E-state index contributed by atoms with van der Waals surface area (Å²) in [7, 11) is 4.94. The van der Waals surface area contributed by atoms with Gasteiger partial charge in [-0.3, -0.25) is 9.48 Å². The number of likely N-dealkylation sites (N-methyl/N-ethyl adjacent to an activating group) is 1. The lowest BCUT2D eigenvalue weighted by molar-refractivity contribution is -0.129. The summed E-state index contributed by atoms with van der Waals surface area (Å²) in [4.78, 5) is 17.3. The molecule has 20 heavy (non-hydrogen) atoms. The van der Waals surface area contributed by atoms with Gasteiger partial charge in [-0.15, -0.1) is 0 Å². The van der Waals surface area contributed by atoms with Crippen LogP contribution in [0.5, 0.6) is 5.88 Å². The van der Waals surface area contributed by atoms with Crippen LogP contribution < -0.4 is 4.74 Å². The standard InChI is InChI=1S/C13H15ClN4O2/c1-17(2)12(19)8-18-5-4-11(16-18)10-6-9(14)7-15-13(10)20-3/h4-7H,8H2,1-3H3. The molecular weight excluding hydrogens is 280 g/mol. The second-order valence-corrected chi connectivity index (χ2v) is 4.83. The lowest BCUT2D eigenvalue weighted by atomic mass is 10.2. The number of aromatic nitrogens is 3. The zero-order chi connectivity index (χ0) is 14.7. The fourth-order valence-electron chi connectivity index (χ4n) is 1.65. The number of carbonyl (C=O) groups is 1. The maximum absolute atomic E-state index is 11.6. The highest BCUT2D eigenvalue weighted by molar-refractivity contribution is 6.30. The number of ether oxygens (including phenoxy) is 1. The fraction of sp³-hybridized carbons (Fsp3) is 0.308. The minimum absolute atomic E-state index is 0.0316. The van der Waals surface area contributed by atoms with E-state index in [2.05, 4.69) is 10.1 Å². The summed E-state index contributed by atoms with van der Waals surface area (Å²) in [6.07, 6.45) is 3.24. The van der Waals surface area contributed by atoms with E-state index in [0.717, 1.165) is 0 Å². The molecule has 0 aliphatic rings. The molecule has 0 spiro atoms. The van der Waals surface area contributed by atoms with Crippen molar-refractivity contribution in [2.45, 2.75) is 6.54 Å². The first-order valence-electron chi connectivity index (χ1n) is 5.94. The van der Waals surface area contributed by atoms with E-state index in [1.54, 1.807) is 37.1 Å². The molecule has 0 bridgehead atoms. The first kappa shape index (κ1) is 14.3. The van der Waals surface area contributed by atoms with Crippen molar-refractivity contribution in [3.8, 4) is 17.1 Å². The van der Waals surface area contributed by atoms with E-state index >= 15 is 0 Å². The van der Waals surface area contributed by atoms with E-state index in [4.69, 9.17) is 16.3 Å². The smallest absolute Gasteiger partial charge is 0.243 e. The van der Waals surface area contributed by atoms with Crippen LogP contribution in [0.4, 0.5) is 0 Å². The first-order valence-corrected chi connectivity index (χ1v) is 6.32. The molecule has 2 heterocycles. The van der Waals surface area contributed by atoms with E-state index in [0.29, 0.717) is 22.2 Å². The summed E-state index contributed by atoms with van der Waals surface area (Å²) in [5.41, 5.74) is 1.35. The zero-order valence-electron chi connectivity index (χ0n) is 11.5. The van der Waals surface area contributed by atoms with Gasteiger partial charge >= 0.3 is 0 Å². The molecule has 0 fully saturated rings. The van der Waals surface area contributed by atoms with Gasteiger partial charge in [-0.2, -0.15) is 5.10 Å². The van der Waals surface area contributed by atoms with Crippen LogP contribution >= 0.6 is 11.6 Å². The summed E-state index contributed by atoms with van der Waals surface area (Å²) >= 11 is 5.94. The summed E-state index contributed by atoms with van der Waals surface area (Å²) in [5.74, 6) is 0.412. The molecule has 7 heteroatoms. The zero-order valence-corrected chi connectivity index (χ0v) is 12.3. The molecule has 106 valence electrons. The molecule has 0 atom stereocenters. The second-order valence-electron chi connectivity index (χ2n) is 4.40. The predicted molar refractivity (Wildman–Crippen MR) is 75.7 cm³/mol. The average Bonchev–Trinajstić information content (AvgIpc) is 2.87. The van der Waals surface area contributed by atoms with Crippen LogP contribution in [0.1, 0.15) is 0 Å². The van der Waals surface area contributed by atoms with Gasteiger partial charge in [-0.05, 0) is 12.1 Å². The fourth-order valence-corrected chi connectivity index (χ4v) is 1.80. The summed E-state index contributed by atoms with van der Waals surface area (Å²) in [6, 6.07) is 3.52. The van der Waals surface area contributed by atoms with Gasteiger partial charge in [0.25, 0.3) is 0 Å². The Hall–Kier alpha value is -2.08. The van der Waals surface area contributed by atoms with Gasteiger partial charge in [0.15, 0.2) is 0 Å². The van der Waals surface area contributed by atoms with Crippen molar-refractivity contribution in [3.05, 3.63) is 29.5 Å². The number of hydrogen-bond acceptors (Lipinski definition) is 4. The van der Waals surface area contributed by atoms with Crippen molar-refractivity contribution in [1.29, 1.82) is 0 Å². The van der Waals surface area contributed by atoms with Gasteiger partial charge in [-0.25, -0.2) is 4.98 Å². The average molecular weight is 295 g/mol.